The number of aryl methyl sites for hydroxylation is 1. The van der Waals surface area contributed by atoms with E-state index in [9.17, 15) is 20.1 Å². The highest BCUT2D eigenvalue weighted by Crippen LogP contribution is 2.26. The number of nitrogens with one attached hydrogen (secondary N) is 2. The minimum atomic E-state index is -1.15. The number of aromatic nitrogens is 1. The second kappa shape index (κ2) is 10.4. The number of carbonyl (C=O) groups is 2. The predicted octanol–water partition coefficient (Wildman–Crippen LogP) is 2.95. The van der Waals surface area contributed by atoms with Crippen molar-refractivity contribution in [2.75, 3.05) is 31.5 Å². The zero-order valence-electron chi connectivity index (χ0n) is 19.4. The fourth-order valence-corrected chi connectivity index (χ4v) is 4.63. The standard InChI is InChI=1S/C25H29N7O2/c1-17-15-28-23-19(17)7-6-9-20(23)29-24(18(13-26)14-27)30-21-8-2-3-12-32(25(21)34)16-22(33)31-10-4-5-11-31/h6-7,9,15,18,21,28H,2-5,8,10-12,16H2,1H3,(H,29,30)/t21-/m0/s1. The number of anilines is 1. The van der Waals surface area contributed by atoms with Gasteiger partial charge in [-0.15, -0.1) is 0 Å². The maximum Gasteiger partial charge on any atom is 0.247 e. The average Bonchev–Trinajstić information content (AvgIpc) is 3.48. The first-order chi connectivity index (χ1) is 16.5. The fourth-order valence-electron chi connectivity index (χ4n) is 4.63. The summed E-state index contributed by atoms with van der Waals surface area (Å²) in [5.41, 5.74) is 2.60. The molecule has 0 unspecified atom stereocenters. The van der Waals surface area contributed by atoms with Crippen molar-refractivity contribution in [2.45, 2.75) is 45.1 Å². The zero-order chi connectivity index (χ0) is 24.1. The molecule has 2 saturated heterocycles. The number of nitrogens with zero attached hydrogens (tertiary/aromatic N) is 5. The summed E-state index contributed by atoms with van der Waals surface area (Å²) in [5, 5.41) is 23.4. The molecule has 9 heteroatoms. The van der Waals surface area contributed by atoms with Gasteiger partial charge in [-0.25, -0.2) is 0 Å². The highest BCUT2D eigenvalue weighted by Gasteiger charge is 2.31. The molecule has 176 valence electrons. The summed E-state index contributed by atoms with van der Waals surface area (Å²) in [5.74, 6) is -1.26. The van der Waals surface area contributed by atoms with Gasteiger partial charge < -0.3 is 20.1 Å². The van der Waals surface area contributed by atoms with Crippen LogP contribution in [0.2, 0.25) is 0 Å². The van der Waals surface area contributed by atoms with Crippen LogP contribution in [-0.4, -0.2) is 64.7 Å². The minimum Gasteiger partial charge on any atom is -0.359 e. The van der Waals surface area contributed by atoms with Crippen molar-refractivity contribution in [2.24, 2.45) is 10.9 Å². The summed E-state index contributed by atoms with van der Waals surface area (Å²) in [6.45, 7) is 4.04. The molecular formula is C25H29N7O2. The second-order valence-corrected chi connectivity index (χ2v) is 8.89. The van der Waals surface area contributed by atoms with E-state index in [4.69, 9.17) is 0 Å². The van der Waals surface area contributed by atoms with Crippen LogP contribution in [0.4, 0.5) is 5.69 Å². The molecule has 0 spiro atoms. The third-order valence-electron chi connectivity index (χ3n) is 6.55. The molecule has 2 fully saturated rings. The molecule has 0 aliphatic carbocycles. The summed E-state index contributed by atoms with van der Waals surface area (Å²) in [7, 11) is 0. The van der Waals surface area contributed by atoms with E-state index in [1.165, 1.54) is 0 Å². The van der Waals surface area contributed by atoms with Crippen LogP contribution in [0, 0.1) is 35.5 Å². The van der Waals surface area contributed by atoms with Crippen LogP contribution in [0.15, 0.2) is 29.4 Å². The molecule has 3 heterocycles. The lowest BCUT2D eigenvalue weighted by atomic mass is 10.1. The Morgan fingerprint density at radius 1 is 1.21 bits per heavy atom. The summed E-state index contributed by atoms with van der Waals surface area (Å²) >= 11 is 0. The fraction of sp³-hybridized carbons (Fsp3) is 0.480. The number of H-pyrrole nitrogens is 1. The molecule has 2 aliphatic heterocycles. The van der Waals surface area contributed by atoms with Crippen molar-refractivity contribution < 1.29 is 9.59 Å². The minimum absolute atomic E-state index is 0.0328. The van der Waals surface area contributed by atoms with Crippen molar-refractivity contribution in [1.29, 1.82) is 10.5 Å². The van der Waals surface area contributed by atoms with Crippen molar-refractivity contribution in [3.05, 3.63) is 30.0 Å². The highest BCUT2D eigenvalue weighted by atomic mass is 16.2. The van der Waals surface area contributed by atoms with E-state index in [1.54, 1.807) is 4.90 Å². The van der Waals surface area contributed by atoms with E-state index in [0.717, 1.165) is 55.2 Å². The number of aliphatic imine (C=N–C) groups is 1. The van der Waals surface area contributed by atoms with Gasteiger partial charge in [-0.05, 0) is 50.7 Å². The van der Waals surface area contributed by atoms with Crippen molar-refractivity contribution in [3.8, 4) is 12.1 Å². The molecule has 4 rings (SSSR count). The Kier molecular flexibility index (Phi) is 7.12. The van der Waals surface area contributed by atoms with Crippen LogP contribution >= 0.6 is 0 Å². The second-order valence-electron chi connectivity index (χ2n) is 8.89. The Morgan fingerprint density at radius 3 is 2.68 bits per heavy atom. The Labute approximate surface area is 199 Å². The summed E-state index contributed by atoms with van der Waals surface area (Å²) in [6, 6.07) is 8.92. The van der Waals surface area contributed by atoms with Crippen LogP contribution in [0.25, 0.3) is 10.9 Å². The molecule has 0 radical (unpaired) electrons. The first-order valence-corrected chi connectivity index (χ1v) is 11.8. The van der Waals surface area contributed by atoms with E-state index in [-0.39, 0.29) is 24.2 Å². The number of para-hydroxylation sites is 1. The van der Waals surface area contributed by atoms with Gasteiger partial charge in [0.25, 0.3) is 0 Å². The Morgan fingerprint density at radius 2 is 1.94 bits per heavy atom. The normalized spacial score (nSPS) is 19.2. The van der Waals surface area contributed by atoms with Crippen molar-refractivity contribution in [3.63, 3.8) is 0 Å². The number of amidine groups is 1. The van der Waals surface area contributed by atoms with Gasteiger partial charge in [0, 0.05) is 31.2 Å². The molecule has 1 aromatic carbocycles. The number of benzene rings is 1. The number of rotatable bonds is 5. The Bertz CT molecular complexity index is 1170. The molecule has 34 heavy (non-hydrogen) atoms. The van der Waals surface area contributed by atoms with E-state index >= 15 is 0 Å². The van der Waals surface area contributed by atoms with Crippen LogP contribution in [0.1, 0.15) is 37.7 Å². The SMILES string of the molecule is Cc1c[nH]c2c(NC(=N[C@H]3CCCCN(CC(=O)N4CCCC4)C3=O)C(C#N)C#N)cccc12. The molecule has 2 amide bonds. The van der Waals surface area contributed by atoms with Gasteiger partial charge >= 0.3 is 0 Å². The molecule has 1 aromatic heterocycles. The van der Waals surface area contributed by atoms with Crippen LogP contribution in [0.5, 0.6) is 0 Å². The quantitative estimate of drug-likeness (QED) is 0.525. The number of likely N-dealkylation sites (tertiary alicyclic amines) is 2. The Hall–Kier alpha value is -3.85. The number of aromatic amines is 1. The van der Waals surface area contributed by atoms with Crippen molar-refractivity contribution in [1.82, 2.24) is 14.8 Å². The maximum absolute atomic E-state index is 13.3. The van der Waals surface area contributed by atoms with E-state index < -0.39 is 12.0 Å². The van der Waals surface area contributed by atoms with Gasteiger partial charge in [-0.1, -0.05) is 12.1 Å². The summed E-state index contributed by atoms with van der Waals surface area (Å²) < 4.78 is 0. The lowest BCUT2D eigenvalue weighted by Gasteiger charge is -2.25. The third-order valence-corrected chi connectivity index (χ3v) is 6.55. The molecular weight excluding hydrogens is 430 g/mol. The number of nitriles is 2. The number of fused-ring (bicyclic) bond motifs is 1. The third kappa shape index (κ3) is 4.89. The first-order valence-electron chi connectivity index (χ1n) is 11.8. The number of hydrogen-bond acceptors (Lipinski definition) is 5. The molecule has 9 nitrogen and oxygen atoms in total. The monoisotopic (exact) mass is 459 g/mol. The first kappa shape index (κ1) is 23.3. The van der Waals surface area contributed by atoms with Gasteiger partial charge in [-0.3, -0.25) is 14.6 Å². The smallest absolute Gasteiger partial charge is 0.247 e. The van der Waals surface area contributed by atoms with Crippen LogP contribution in [0.3, 0.4) is 0 Å². The van der Waals surface area contributed by atoms with Gasteiger partial charge in [0.15, 0.2) is 5.92 Å². The average molecular weight is 460 g/mol. The van der Waals surface area contributed by atoms with Crippen LogP contribution < -0.4 is 5.32 Å². The van der Waals surface area contributed by atoms with Gasteiger partial charge in [0.05, 0.1) is 29.9 Å². The predicted molar refractivity (Wildman–Crippen MR) is 129 cm³/mol. The lowest BCUT2D eigenvalue weighted by molar-refractivity contribution is -0.140. The van der Waals surface area contributed by atoms with E-state index in [2.05, 4.69) is 15.3 Å². The molecule has 2 N–H and O–H groups in total. The van der Waals surface area contributed by atoms with Gasteiger partial charge in [0.2, 0.25) is 11.8 Å². The lowest BCUT2D eigenvalue weighted by Crippen LogP contribution is -2.45. The molecule has 1 atom stereocenters. The molecule has 2 aromatic rings. The summed E-state index contributed by atoms with van der Waals surface area (Å²) in [4.78, 5) is 37.2. The van der Waals surface area contributed by atoms with E-state index in [0.29, 0.717) is 18.7 Å². The van der Waals surface area contributed by atoms with E-state index in [1.807, 2.05) is 48.4 Å². The number of amides is 2. The van der Waals surface area contributed by atoms with Crippen LogP contribution in [-0.2, 0) is 9.59 Å². The molecule has 2 aliphatic rings. The highest BCUT2D eigenvalue weighted by molar-refractivity contribution is 6.07. The number of carbonyl (C=O) groups excluding carboxylic acids is 2. The zero-order valence-corrected chi connectivity index (χ0v) is 19.4. The summed E-state index contributed by atoms with van der Waals surface area (Å²) in [6.07, 6.45) is 5.96. The maximum atomic E-state index is 13.3. The molecule has 0 bridgehead atoms. The van der Waals surface area contributed by atoms with Gasteiger partial charge in [0.1, 0.15) is 11.9 Å². The molecule has 0 saturated carbocycles. The Balaban J connectivity index is 1.60. The topological polar surface area (TPSA) is 128 Å². The van der Waals surface area contributed by atoms with Crippen molar-refractivity contribution >= 4 is 34.2 Å². The largest absolute Gasteiger partial charge is 0.359 e. The number of hydrogen-bond donors (Lipinski definition) is 2. The van der Waals surface area contributed by atoms with Gasteiger partial charge in [-0.2, -0.15) is 10.5 Å².